The lowest BCUT2D eigenvalue weighted by atomic mass is 10.1. The SMILES string of the molecule is CC(C)CN(CC(=O)O)CC1Cc2ccccc2S1. The molecule has 0 amide bonds. The van der Waals surface area contributed by atoms with E-state index >= 15 is 0 Å². The minimum atomic E-state index is -0.735. The maximum absolute atomic E-state index is 10.9. The summed E-state index contributed by atoms with van der Waals surface area (Å²) in [6.45, 7) is 6.10. The molecule has 0 saturated carbocycles. The number of thioether (sulfide) groups is 1. The standard InChI is InChI=1S/C15H21NO2S/c1-11(2)8-16(10-15(17)18)9-13-7-12-5-3-4-6-14(12)19-13/h3-6,11,13H,7-10H2,1-2H3,(H,17,18). The Morgan fingerprint density at radius 1 is 1.47 bits per heavy atom. The van der Waals surface area contributed by atoms with Gasteiger partial charge in [0.1, 0.15) is 0 Å². The van der Waals surface area contributed by atoms with E-state index in [1.807, 2.05) is 11.8 Å². The van der Waals surface area contributed by atoms with Crippen molar-refractivity contribution in [2.45, 2.75) is 30.4 Å². The first kappa shape index (κ1) is 14.4. The molecule has 0 fully saturated rings. The largest absolute Gasteiger partial charge is 0.480 e. The normalized spacial score (nSPS) is 18.0. The molecule has 104 valence electrons. The number of fused-ring (bicyclic) bond motifs is 1. The number of hydrogen-bond acceptors (Lipinski definition) is 3. The Bertz CT molecular complexity index is 423. The topological polar surface area (TPSA) is 40.5 Å². The molecular weight excluding hydrogens is 258 g/mol. The predicted octanol–water partition coefficient (Wildman–Crippen LogP) is 2.75. The van der Waals surface area contributed by atoms with Crippen LogP contribution in [0.25, 0.3) is 0 Å². The lowest BCUT2D eigenvalue weighted by molar-refractivity contribution is -0.138. The summed E-state index contributed by atoms with van der Waals surface area (Å²) in [5, 5.41) is 9.48. The molecule has 1 aromatic rings. The maximum Gasteiger partial charge on any atom is 0.317 e. The number of hydrogen-bond donors (Lipinski definition) is 1. The average Bonchev–Trinajstić information content (AvgIpc) is 2.68. The fraction of sp³-hybridized carbons (Fsp3) is 0.533. The zero-order valence-electron chi connectivity index (χ0n) is 11.5. The Labute approximate surface area is 119 Å². The first-order valence-electron chi connectivity index (χ1n) is 6.73. The summed E-state index contributed by atoms with van der Waals surface area (Å²) >= 11 is 1.88. The molecule has 4 heteroatoms. The van der Waals surface area contributed by atoms with Gasteiger partial charge in [0.15, 0.2) is 0 Å². The number of carboxylic acids is 1. The molecule has 3 nitrogen and oxygen atoms in total. The zero-order chi connectivity index (χ0) is 13.8. The second-order valence-electron chi connectivity index (χ2n) is 5.53. The van der Waals surface area contributed by atoms with Gasteiger partial charge < -0.3 is 5.11 Å². The smallest absolute Gasteiger partial charge is 0.317 e. The van der Waals surface area contributed by atoms with Crippen molar-refractivity contribution in [3.63, 3.8) is 0 Å². The quantitative estimate of drug-likeness (QED) is 0.869. The second-order valence-corrected chi connectivity index (χ2v) is 6.88. The van der Waals surface area contributed by atoms with Gasteiger partial charge in [-0.15, -0.1) is 11.8 Å². The van der Waals surface area contributed by atoms with Crippen LogP contribution in [0.2, 0.25) is 0 Å². The molecule has 19 heavy (non-hydrogen) atoms. The van der Waals surface area contributed by atoms with E-state index in [9.17, 15) is 4.79 Å². The molecule has 1 aliphatic heterocycles. The van der Waals surface area contributed by atoms with E-state index in [4.69, 9.17) is 5.11 Å². The van der Waals surface area contributed by atoms with Gasteiger partial charge in [-0.3, -0.25) is 9.69 Å². The number of aliphatic carboxylic acids is 1. The molecule has 2 rings (SSSR count). The zero-order valence-corrected chi connectivity index (χ0v) is 12.3. The summed E-state index contributed by atoms with van der Waals surface area (Å²) in [5.41, 5.74) is 1.40. The van der Waals surface area contributed by atoms with Crippen LogP contribution in [0.1, 0.15) is 19.4 Å². The molecule has 0 aromatic heterocycles. The van der Waals surface area contributed by atoms with Gasteiger partial charge in [-0.2, -0.15) is 0 Å². The van der Waals surface area contributed by atoms with Crippen LogP contribution >= 0.6 is 11.8 Å². The van der Waals surface area contributed by atoms with Crippen LogP contribution in [0.5, 0.6) is 0 Å². The first-order chi connectivity index (χ1) is 9.04. The van der Waals surface area contributed by atoms with Gasteiger partial charge in [0.05, 0.1) is 6.54 Å². The predicted molar refractivity (Wildman–Crippen MR) is 78.7 cm³/mol. The van der Waals surface area contributed by atoms with Crippen LogP contribution in [0, 0.1) is 5.92 Å². The summed E-state index contributed by atoms with van der Waals surface area (Å²) in [6, 6.07) is 8.47. The Morgan fingerprint density at radius 2 is 2.21 bits per heavy atom. The lowest BCUT2D eigenvalue weighted by Crippen LogP contribution is -2.37. The lowest BCUT2D eigenvalue weighted by Gasteiger charge is -2.25. The summed E-state index contributed by atoms with van der Waals surface area (Å²) in [5.74, 6) is -0.241. The molecule has 0 spiro atoms. The van der Waals surface area contributed by atoms with E-state index in [-0.39, 0.29) is 6.54 Å². The van der Waals surface area contributed by atoms with Crippen molar-refractivity contribution < 1.29 is 9.90 Å². The highest BCUT2D eigenvalue weighted by atomic mass is 32.2. The third-order valence-corrected chi connectivity index (χ3v) is 4.46. The number of carbonyl (C=O) groups is 1. The Morgan fingerprint density at radius 3 is 2.84 bits per heavy atom. The van der Waals surface area contributed by atoms with Gasteiger partial charge in [-0.1, -0.05) is 32.0 Å². The van der Waals surface area contributed by atoms with Crippen LogP contribution in [-0.4, -0.2) is 40.9 Å². The monoisotopic (exact) mass is 279 g/mol. The third-order valence-electron chi connectivity index (χ3n) is 3.16. The average molecular weight is 279 g/mol. The van der Waals surface area contributed by atoms with Gasteiger partial charge in [-0.25, -0.2) is 0 Å². The molecule has 1 atom stereocenters. The van der Waals surface area contributed by atoms with Crippen molar-refractivity contribution >= 4 is 17.7 Å². The van der Waals surface area contributed by atoms with Crippen molar-refractivity contribution in [1.82, 2.24) is 4.90 Å². The number of benzene rings is 1. The first-order valence-corrected chi connectivity index (χ1v) is 7.61. The van der Waals surface area contributed by atoms with Gasteiger partial charge >= 0.3 is 5.97 Å². The highest BCUT2D eigenvalue weighted by Crippen LogP contribution is 2.37. The molecule has 1 unspecified atom stereocenters. The molecular formula is C15H21NO2S. The van der Waals surface area contributed by atoms with Gasteiger partial charge in [0.25, 0.3) is 0 Å². The van der Waals surface area contributed by atoms with Crippen LogP contribution in [0.4, 0.5) is 0 Å². The highest BCUT2D eigenvalue weighted by Gasteiger charge is 2.24. The Kier molecular flexibility index (Phi) is 4.88. The number of rotatable bonds is 6. The van der Waals surface area contributed by atoms with Crippen molar-refractivity contribution in [2.24, 2.45) is 5.92 Å². The van der Waals surface area contributed by atoms with E-state index in [2.05, 4.69) is 43.0 Å². The Balaban J connectivity index is 1.94. The highest BCUT2D eigenvalue weighted by molar-refractivity contribution is 8.00. The summed E-state index contributed by atoms with van der Waals surface area (Å²) in [4.78, 5) is 14.4. The van der Waals surface area contributed by atoms with Gasteiger partial charge in [-0.05, 0) is 24.0 Å². The van der Waals surface area contributed by atoms with Crippen LogP contribution in [-0.2, 0) is 11.2 Å². The van der Waals surface area contributed by atoms with E-state index in [0.29, 0.717) is 11.2 Å². The van der Waals surface area contributed by atoms with Crippen molar-refractivity contribution in [2.75, 3.05) is 19.6 Å². The summed E-state index contributed by atoms with van der Waals surface area (Å²) < 4.78 is 0. The molecule has 1 aliphatic rings. The van der Waals surface area contributed by atoms with Crippen LogP contribution < -0.4 is 0 Å². The van der Waals surface area contributed by atoms with E-state index < -0.39 is 5.97 Å². The maximum atomic E-state index is 10.9. The molecule has 0 saturated heterocycles. The molecule has 1 N–H and O–H groups in total. The van der Waals surface area contributed by atoms with Crippen molar-refractivity contribution in [3.05, 3.63) is 29.8 Å². The van der Waals surface area contributed by atoms with Crippen molar-refractivity contribution in [1.29, 1.82) is 0 Å². The summed E-state index contributed by atoms with van der Waals surface area (Å²) in [7, 11) is 0. The fourth-order valence-electron chi connectivity index (χ4n) is 2.56. The third kappa shape index (κ3) is 4.25. The van der Waals surface area contributed by atoms with E-state index in [1.165, 1.54) is 10.5 Å². The molecule has 0 aliphatic carbocycles. The van der Waals surface area contributed by atoms with Gasteiger partial charge in [0.2, 0.25) is 0 Å². The molecule has 0 bridgehead atoms. The second kappa shape index (κ2) is 6.44. The minimum Gasteiger partial charge on any atom is -0.480 e. The van der Waals surface area contributed by atoms with Crippen molar-refractivity contribution in [3.8, 4) is 0 Å². The van der Waals surface area contributed by atoms with E-state index in [1.54, 1.807) is 0 Å². The van der Waals surface area contributed by atoms with E-state index in [0.717, 1.165) is 19.5 Å². The Hall–Kier alpha value is -1.00. The summed E-state index contributed by atoms with van der Waals surface area (Å²) in [6.07, 6.45) is 1.05. The minimum absolute atomic E-state index is 0.144. The van der Waals surface area contributed by atoms with Crippen LogP contribution in [0.15, 0.2) is 29.2 Å². The molecule has 0 radical (unpaired) electrons. The van der Waals surface area contributed by atoms with Gasteiger partial charge in [0, 0.05) is 23.2 Å². The van der Waals surface area contributed by atoms with Crippen LogP contribution in [0.3, 0.4) is 0 Å². The molecule has 1 aromatic carbocycles. The fourth-order valence-corrected chi connectivity index (χ4v) is 3.92. The number of carboxylic acid groups (broad SMARTS) is 1. The number of nitrogens with zero attached hydrogens (tertiary/aromatic N) is 1. The molecule has 1 heterocycles.